The Morgan fingerprint density at radius 2 is 1.64 bits per heavy atom. The van der Waals surface area contributed by atoms with Crippen LogP contribution in [0.4, 0.5) is 26.1 Å². The van der Waals surface area contributed by atoms with Gasteiger partial charge in [-0.15, -0.1) is 0 Å². The number of benzene rings is 2. The maximum atomic E-state index is 13.7. The van der Waals surface area contributed by atoms with Crippen LogP contribution in [0.1, 0.15) is 5.56 Å². The molecule has 0 aliphatic carbocycles. The highest BCUT2D eigenvalue weighted by molar-refractivity contribution is 6.30. The molecule has 3 aromatic rings. The van der Waals surface area contributed by atoms with Crippen molar-refractivity contribution in [3.05, 3.63) is 77.1 Å². The van der Waals surface area contributed by atoms with Crippen molar-refractivity contribution in [3.8, 4) is 0 Å². The number of aromatic nitrogens is 2. The molecule has 1 aromatic heterocycles. The summed E-state index contributed by atoms with van der Waals surface area (Å²) >= 11 is 5.95. The lowest BCUT2D eigenvalue weighted by Crippen LogP contribution is -2.07. The first kappa shape index (κ1) is 17.1. The van der Waals surface area contributed by atoms with Crippen LogP contribution in [0.15, 0.2) is 54.9 Å². The summed E-state index contributed by atoms with van der Waals surface area (Å²) in [7, 11) is 0. The third-order valence-electron chi connectivity index (χ3n) is 3.49. The van der Waals surface area contributed by atoms with Gasteiger partial charge in [0.15, 0.2) is 0 Å². The van der Waals surface area contributed by atoms with Crippen molar-refractivity contribution >= 4 is 28.9 Å². The molecule has 0 aliphatic heterocycles. The minimum absolute atomic E-state index is 0.244. The van der Waals surface area contributed by atoms with E-state index in [0.29, 0.717) is 23.2 Å². The van der Waals surface area contributed by atoms with Crippen LogP contribution < -0.4 is 10.6 Å². The Kier molecular flexibility index (Phi) is 5.40. The molecule has 1 heterocycles. The summed E-state index contributed by atoms with van der Waals surface area (Å²) in [6, 6.07) is 12.9. The highest BCUT2D eigenvalue weighted by Crippen LogP contribution is 2.22. The molecule has 0 atom stereocenters. The minimum Gasteiger partial charge on any atom is -0.370 e. The molecule has 4 nitrogen and oxygen atoms in total. The zero-order valence-electron chi connectivity index (χ0n) is 13.1. The fourth-order valence-corrected chi connectivity index (χ4v) is 2.51. The van der Waals surface area contributed by atoms with Crippen molar-refractivity contribution in [2.45, 2.75) is 6.42 Å². The highest BCUT2D eigenvalue weighted by atomic mass is 35.5. The predicted octanol–water partition coefficient (Wildman–Crippen LogP) is 4.81. The third-order valence-corrected chi connectivity index (χ3v) is 3.73. The number of anilines is 3. The maximum absolute atomic E-state index is 13.7. The Bertz CT molecular complexity index is 853. The van der Waals surface area contributed by atoms with Crippen molar-refractivity contribution in [1.82, 2.24) is 9.97 Å². The van der Waals surface area contributed by atoms with Crippen LogP contribution in [0.2, 0.25) is 5.02 Å². The van der Waals surface area contributed by atoms with Gasteiger partial charge in [0.2, 0.25) is 0 Å². The molecule has 0 fully saturated rings. The van der Waals surface area contributed by atoms with E-state index in [-0.39, 0.29) is 5.69 Å². The Morgan fingerprint density at radius 3 is 2.40 bits per heavy atom. The van der Waals surface area contributed by atoms with Crippen LogP contribution in [-0.2, 0) is 6.42 Å². The molecule has 0 saturated carbocycles. The maximum Gasteiger partial charge on any atom is 0.149 e. The van der Waals surface area contributed by atoms with Gasteiger partial charge in [-0.05, 0) is 36.2 Å². The molecule has 0 aliphatic rings. The van der Waals surface area contributed by atoms with Gasteiger partial charge in [-0.25, -0.2) is 18.7 Å². The first-order chi connectivity index (χ1) is 12.1. The van der Waals surface area contributed by atoms with Gasteiger partial charge < -0.3 is 10.6 Å². The molecule has 0 spiro atoms. The van der Waals surface area contributed by atoms with Crippen molar-refractivity contribution in [3.63, 3.8) is 0 Å². The second-order valence-corrected chi connectivity index (χ2v) is 5.75. The fourth-order valence-electron chi connectivity index (χ4n) is 2.30. The van der Waals surface area contributed by atoms with Crippen LogP contribution >= 0.6 is 11.6 Å². The summed E-state index contributed by atoms with van der Waals surface area (Å²) in [5, 5.41) is 6.48. The molecule has 25 heavy (non-hydrogen) atoms. The van der Waals surface area contributed by atoms with Crippen molar-refractivity contribution < 1.29 is 8.78 Å². The molecule has 3 rings (SSSR count). The molecular weight excluding hydrogens is 346 g/mol. The lowest BCUT2D eigenvalue weighted by atomic mass is 10.1. The topological polar surface area (TPSA) is 49.8 Å². The average Bonchev–Trinajstić information content (AvgIpc) is 2.59. The largest absolute Gasteiger partial charge is 0.370 e. The zero-order chi connectivity index (χ0) is 17.6. The van der Waals surface area contributed by atoms with E-state index in [4.69, 9.17) is 11.6 Å². The highest BCUT2D eigenvalue weighted by Gasteiger charge is 2.09. The van der Waals surface area contributed by atoms with E-state index in [1.54, 1.807) is 6.07 Å². The second-order valence-electron chi connectivity index (χ2n) is 5.32. The summed E-state index contributed by atoms with van der Waals surface area (Å²) in [6.07, 6.45) is 2.08. The summed E-state index contributed by atoms with van der Waals surface area (Å²) in [5.74, 6) is -0.524. The molecule has 2 aromatic carbocycles. The smallest absolute Gasteiger partial charge is 0.149 e. The second kappa shape index (κ2) is 7.90. The molecule has 0 unspecified atom stereocenters. The van der Waals surface area contributed by atoms with Gasteiger partial charge in [-0.3, -0.25) is 0 Å². The number of rotatable bonds is 6. The molecule has 0 radical (unpaired) electrons. The monoisotopic (exact) mass is 360 g/mol. The van der Waals surface area contributed by atoms with Crippen LogP contribution in [0.5, 0.6) is 0 Å². The molecule has 0 saturated heterocycles. The Labute approximate surface area is 148 Å². The van der Waals surface area contributed by atoms with E-state index < -0.39 is 11.6 Å². The van der Waals surface area contributed by atoms with E-state index in [1.807, 2.05) is 24.3 Å². The zero-order valence-corrected chi connectivity index (χ0v) is 13.9. The van der Waals surface area contributed by atoms with Crippen LogP contribution in [-0.4, -0.2) is 16.5 Å². The number of halogens is 3. The molecule has 0 amide bonds. The summed E-state index contributed by atoms with van der Waals surface area (Å²) in [4.78, 5) is 8.08. The molecule has 128 valence electrons. The Balaban J connectivity index is 1.63. The molecular formula is C18H15ClF2N4. The minimum atomic E-state index is -0.686. The van der Waals surface area contributed by atoms with E-state index in [2.05, 4.69) is 20.6 Å². The molecule has 7 heteroatoms. The van der Waals surface area contributed by atoms with E-state index >= 15 is 0 Å². The number of nitrogens with one attached hydrogen (secondary N) is 2. The standard InChI is InChI=1S/C18H15ClF2N4/c19-13-4-1-3-12(9-13)7-8-22-16-10-17(24-11-23-16)25-18-14(20)5-2-6-15(18)21/h1-6,9-11H,7-8H2,(H2,22,23,24,25). The first-order valence-corrected chi connectivity index (χ1v) is 8.01. The van der Waals surface area contributed by atoms with Crippen molar-refractivity contribution in [2.75, 3.05) is 17.2 Å². The summed E-state index contributed by atoms with van der Waals surface area (Å²) in [6.45, 7) is 0.630. The Hall–Kier alpha value is -2.73. The van der Waals surface area contributed by atoms with Gasteiger partial charge in [0.1, 0.15) is 35.3 Å². The fraction of sp³-hybridized carbons (Fsp3) is 0.111. The number of hydrogen-bond acceptors (Lipinski definition) is 4. The lowest BCUT2D eigenvalue weighted by Gasteiger charge is -2.10. The lowest BCUT2D eigenvalue weighted by molar-refractivity contribution is 0.590. The van der Waals surface area contributed by atoms with Gasteiger partial charge in [0.05, 0.1) is 0 Å². The van der Waals surface area contributed by atoms with Gasteiger partial charge in [-0.1, -0.05) is 29.8 Å². The van der Waals surface area contributed by atoms with Crippen LogP contribution in [0.25, 0.3) is 0 Å². The predicted molar refractivity (Wildman–Crippen MR) is 95.3 cm³/mol. The van der Waals surface area contributed by atoms with E-state index in [1.165, 1.54) is 24.5 Å². The van der Waals surface area contributed by atoms with Gasteiger partial charge in [-0.2, -0.15) is 0 Å². The van der Waals surface area contributed by atoms with Gasteiger partial charge in [0, 0.05) is 17.6 Å². The molecule has 2 N–H and O–H groups in total. The van der Waals surface area contributed by atoms with Crippen molar-refractivity contribution in [2.24, 2.45) is 0 Å². The SMILES string of the molecule is Fc1cccc(F)c1Nc1cc(NCCc2cccc(Cl)c2)ncn1. The summed E-state index contributed by atoms with van der Waals surface area (Å²) < 4.78 is 27.4. The Morgan fingerprint density at radius 1 is 0.920 bits per heavy atom. The van der Waals surface area contributed by atoms with Crippen LogP contribution in [0, 0.1) is 11.6 Å². The van der Waals surface area contributed by atoms with Gasteiger partial charge in [0.25, 0.3) is 0 Å². The number of hydrogen-bond donors (Lipinski definition) is 2. The number of para-hydroxylation sites is 1. The first-order valence-electron chi connectivity index (χ1n) is 7.63. The average molecular weight is 361 g/mol. The normalized spacial score (nSPS) is 10.5. The number of nitrogens with zero attached hydrogens (tertiary/aromatic N) is 2. The molecule has 0 bridgehead atoms. The van der Waals surface area contributed by atoms with Crippen molar-refractivity contribution in [1.29, 1.82) is 0 Å². The summed E-state index contributed by atoms with van der Waals surface area (Å²) in [5.41, 5.74) is 0.854. The third kappa shape index (κ3) is 4.64. The van der Waals surface area contributed by atoms with E-state index in [9.17, 15) is 8.78 Å². The van der Waals surface area contributed by atoms with E-state index in [0.717, 1.165) is 12.0 Å². The quantitative estimate of drug-likeness (QED) is 0.662. The van der Waals surface area contributed by atoms with Crippen LogP contribution in [0.3, 0.4) is 0 Å². The van der Waals surface area contributed by atoms with Gasteiger partial charge >= 0.3 is 0 Å².